The summed E-state index contributed by atoms with van der Waals surface area (Å²) in [5.74, 6) is -0.849. The van der Waals surface area contributed by atoms with Crippen LogP contribution in [0.3, 0.4) is 0 Å². The molecule has 2 amide bonds. The summed E-state index contributed by atoms with van der Waals surface area (Å²) in [6, 6.07) is 14.3. The lowest BCUT2D eigenvalue weighted by molar-refractivity contribution is -0.137. The third kappa shape index (κ3) is 3.24. The molecule has 28 heavy (non-hydrogen) atoms. The number of carbonyl (C=O) groups excluding carboxylic acids is 2. The summed E-state index contributed by atoms with van der Waals surface area (Å²) in [7, 11) is 0. The molecule has 3 aromatic rings. The fraction of sp³-hybridized carbons (Fsp3) is 0.100. The van der Waals surface area contributed by atoms with Crippen LogP contribution in [0.2, 0.25) is 0 Å². The minimum absolute atomic E-state index is 0.0723. The smallest absolute Gasteiger partial charge is 0.416 e. The van der Waals surface area contributed by atoms with E-state index in [9.17, 15) is 22.8 Å². The van der Waals surface area contributed by atoms with Crippen molar-refractivity contribution in [2.45, 2.75) is 6.18 Å². The second kappa shape index (κ2) is 6.56. The van der Waals surface area contributed by atoms with Crippen molar-refractivity contribution >= 4 is 23.2 Å². The highest BCUT2D eigenvalue weighted by Gasteiger charge is 2.31. The Labute approximate surface area is 157 Å². The van der Waals surface area contributed by atoms with Crippen LogP contribution in [-0.4, -0.2) is 18.4 Å². The number of nitrogens with zero attached hydrogens (tertiary/aromatic N) is 1. The molecule has 4 rings (SSSR count). The van der Waals surface area contributed by atoms with E-state index in [2.05, 4.69) is 5.32 Å². The van der Waals surface area contributed by atoms with Crippen LogP contribution in [0.4, 0.5) is 24.5 Å². The summed E-state index contributed by atoms with van der Waals surface area (Å²) >= 11 is 0. The summed E-state index contributed by atoms with van der Waals surface area (Å²) in [6.45, 7) is -0.185. The standard InChI is InChI=1S/C20H13F3N2O3/c21-20(22,23)13-5-3-4-12(10-13)16-8-9-17(28-16)19(27)25-11-18(26)24-14-6-1-2-7-15(14)25/h1-10H,11H2,(H,24,26). The van der Waals surface area contributed by atoms with E-state index in [0.717, 1.165) is 12.1 Å². The molecule has 0 radical (unpaired) electrons. The van der Waals surface area contributed by atoms with Gasteiger partial charge in [-0.3, -0.25) is 14.5 Å². The molecule has 2 aromatic carbocycles. The van der Waals surface area contributed by atoms with Gasteiger partial charge in [0.15, 0.2) is 5.76 Å². The molecule has 2 heterocycles. The van der Waals surface area contributed by atoms with Gasteiger partial charge in [-0.05, 0) is 36.4 Å². The Morgan fingerprint density at radius 2 is 1.82 bits per heavy atom. The maximum Gasteiger partial charge on any atom is 0.416 e. The maximum atomic E-state index is 12.9. The molecule has 1 aromatic heterocycles. The van der Waals surface area contributed by atoms with Crippen molar-refractivity contribution in [2.75, 3.05) is 16.8 Å². The SMILES string of the molecule is O=C1CN(C(=O)c2ccc(-c3cccc(C(F)(F)F)c3)o2)c2ccccc2N1. The largest absolute Gasteiger partial charge is 0.451 e. The zero-order chi connectivity index (χ0) is 19.9. The number of halogens is 3. The van der Waals surface area contributed by atoms with E-state index in [1.165, 1.54) is 29.2 Å². The van der Waals surface area contributed by atoms with Gasteiger partial charge in [0.25, 0.3) is 5.91 Å². The molecular weight excluding hydrogens is 373 g/mol. The fourth-order valence-corrected chi connectivity index (χ4v) is 3.00. The molecule has 0 unspecified atom stereocenters. The number of alkyl halides is 3. The van der Waals surface area contributed by atoms with Crippen molar-refractivity contribution in [2.24, 2.45) is 0 Å². The summed E-state index contributed by atoms with van der Waals surface area (Å²) in [5.41, 5.74) is 0.405. The molecule has 0 saturated heterocycles. The molecule has 0 spiro atoms. The molecule has 0 saturated carbocycles. The fourth-order valence-electron chi connectivity index (χ4n) is 3.00. The van der Waals surface area contributed by atoms with Crippen molar-refractivity contribution in [3.05, 3.63) is 72.0 Å². The Bertz CT molecular complexity index is 1070. The summed E-state index contributed by atoms with van der Waals surface area (Å²) in [6.07, 6.45) is -4.48. The van der Waals surface area contributed by atoms with Gasteiger partial charge in [0.05, 0.1) is 16.9 Å². The van der Waals surface area contributed by atoms with Gasteiger partial charge < -0.3 is 9.73 Å². The van der Waals surface area contributed by atoms with Gasteiger partial charge in [-0.2, -0.15) is 13.2 Å². The molecular formula is C20H13F3N2O3. The Hall–Kier alpha value is -3.55. The first-order valence-corrected chi connectivity index (χ1v) is 8.31. The number of hydrogen-bond acceptors (Lipinski definition) is 3. The predicted molar refractivity (Wildman–Crippen MR) is 95.9 cm³/mol. The van der Waals surface area contributed by atoms with Crippen molar-refractivity contribution in [3.8, 4) is 11.3 Å². The second-order valence-corrected chi connectivity index (χ2v) is 6.20. The molecule has 8 heteroatoms. The number of carbonyl (C=O) groups is 2. The average Bonchev–Trinajstić information content (AvgIpc) is 3.16. The number of amides is 2. The van der Waals surface area contributed by atoms with E-state index in [4.69, 9.17) is 4.42 Å². The molecule has 142 valence electrons. The third-order valence-electron chi connectivity index (χ3n) is 4.31. The minimum atomic E-state index is -4.48. The molecule has 1 N–H and O–H groups in total. The van der Waals surface area contributed by atoms with Gasteiger partial charge in [0, 0.05) is 5.56 Å². The minimum Gasteiger partial charge on any atom is -0.451 e. The van der Waals surface area contributed by atoms with Gasteiger partial charge >= 0.3 is 6.18 Å². The van der Waals surface area contributed by atoms with Crippen molar-refractivity contribution < 1.29 is 27.2 Å². The van der Waals surface area contributed by atoms with Gasteiger partial charge in [0.2, 0.25) is 5.91 Å². The Kier molecular flexibility index (Phi) is 4.18. The van der Waals surface area contributed by atoms with E-state index in [1.54, 1.807) is 24.3 Å². The van der Waals surface area contributed by atoms with Crippen LogP contribution in [0.25, 0.3) is 11.3 Å². The van der Waals surface area contributed by atoms with Crippen molar-refractivity contribution in [3.63, 3.8) is 0 Å². The Morgan fingerprint density at radius 1 is 1.04 bits per heavy atom. The number of fused-ring (bicyclic) bond motifs is 1. The number of para-hydroxylation sites is 2. The van der Waals surface area contributed by atoms with Crippen LogP contribution in [0.1, 0.15) is 16.1 Å². The maximum absolute atomic E-state index is 12.9. The van der Waals surface area contributed by atoms with E-state index in [-0.39, 0.29) is 29.5 Å². The van der Waals surface area contributed by atoms with E-state index in [1.807, 2.05) is 0 Å². The number of furan rings is 1. The lowest BCUT2D eigenvalue weighted by Gasteiger charge is -2.28. The molecule has 5 nitrogen and oxygen atoms in total. The molecule has 0 bridgehead atoms. The number of rotatable bonds is 2. The van der Waals surface area contributed by atoms with Crippen LogP contribution in [0.5, 0.6) is 0 Å². The first kappa shape index (κ1) is 17.8. The third-order valence-corrected chi connectivity index (χ3v) is 4.31. The molecule has 1 aliphatic heterocycles. The highest BCUT2D eigenvalue weighted by atomic mass is 19.4. The average molecular weight is 386 g/mol. The molecule has 0 aliphatic carbocycles. The van der Waals surface area contributed by atoms with Crippen LogP contribution < -0.4 is 10.2 Å². The highest BCUT2D eigenvalue weighted by Crippen LogP contribution is 2.34. The predicted octanol–water partition coefficient (Wildman–Crippen LogP) is 4.56. The quantitative estimate of drug-likeness (QED) is 0.702. The molecule has 0 atom stereocenters. The number of benzene rings is 2. The van der Waals surface area contributed by atoms with Gasteiger partial charge in [-0.25, -0.2) is 0 Å². The lowest BCUT2D eigenvalue weighted by Crippen LogP contribution is -2.42. The van der Waals surface area contributed by atoms with E-state index < -0.39 is 17.6 Å². The number of nitrogens with one attached hydrogen (secondary N) is 1. The van der Waals surface area contributed by atoms with Crippen LogP contribution >= 0.6 is 0 Å². The summed E-state index contributed by atoms with van der Waals surface area (Å²) < 4.78 is 44.2. The monoisotopic (exact) mass is 386 g/mol. The van der Waals surface area contributed by atoms with Gasteiger partial charge in [-0.1, -0.05) is 24.3 Å². The van der Waals surface area contributed by atoms with Crippen molar-refractivity contribution in [1.82, 2.24) is 0 Å². The second-order valence-electron chi connectivity index (χ2n) is 6.20. The first-order chi connectivity index (χ1) is 13.3. The zero-order valence-electron chi connectivity index (χ0n) is 14.3. The van der Waals surface area contributed by atoms with Crippen molar-refractivity contribution in [1.29, 1.82) is 0 Å². The van der Waals surface area contributed by atoms with Gasteiger partial charge in [-0.15, -0.1) is 0 Å². The summed E-state index contributed by atoms with van der Waals surface area (Å²) in [4.78, 5) is 26.0. The lowest BCUT2D eigenvalue weighted by atomic mass is 10.1. The van der Waals surface area contributed by atoms with Crippen LogP contribution in [0, 0.1) is 0 Å². The number of hydrogen-bond donors (Lipinski definition) is 1. The highest BCUT2D eigenvalue weighted by molar-refractivity contribution is 6.14. The molecule has 1 aliphatic rings. The Balaban J connectivity index is 1.65. The van der Waals surface area contributed by atoms with Crippen LogP contribution in [0.15, 0.2) is 65.1 Å². The van der Waals surface area contributed by atoms with E-state index >= 15 is 0 Å². The normalized spacial score (nSPS) is 13.8. The summed E-state index contributed by atoms with van der Waals surface area (Å²) in [5, 5.41) is 2.68. The Morgan fingerprint density at radius 3 is 2.61 bits per heavy atom. The van der Waals surface area contributed by atoms with Crippen LogP contribution in [-0.2, 0) is 11.0 Å². The van der Waals surface area contributed by atoms with E-state index in [0.29, 0.717) is 11.4 Å². The number of anilines is 2. The topological polar surface area (TPSA) is 62.6 Å². The first-order valence-electron chi connectivity index (χ1n) is 8.31. The zero-order valence-corrected chi connectivity index (χ0v) is 14.3. The van der Waals surface area contributed by atoms with Gasteiger partial charge in [0.1, 0.15) is 12.3 Å². The molecule has 0 fully saturated rings.